The number of amides is 1. The van der Waals surface area contributed by atoms with Gasteiger partial charge in [0.05, 0.1) is 18.6 Å². The van der Waals surface area contributed by atoms with Crippen LogP contribution < -0.4 is 0 Å². The predicted molar refractivity (Wildman–Crippen MR) is 104 cm³/mol. The molecule has 3 rings (SSSR count). The van der Waals surface area contributed by atoms with Gasteiger partial charge in [0.25, 0.3) is 5.91 Å². The van der Waals surface area contributed by atoms with Crippen LogP contribution in [0.3, 0.4) is 0 Å². The lowest BCUT2D eigenvalue weighted by Crippen LogP contribution is -2.30. The first-order chi connectivity index (χ1) is 12.9. The average molecular weight is 383 g/mol. The molecule has 3 aromatic rings. The van der Waals surface area contributed by atoms with Crippen LogP contribution in [-0.4, -0.2) is 25.5 Å². The first-order valence-corrected chi connectivity index (χ1v) is 10.6. The second-order valence-corrected chi connectivity index (χ2v) is 8.64. The van der Waals surface area contributed by atoms with Crippen molar-refractivity contribution in [2.75, 3.05) is 6.26 Å². The van der Waals surface area contributed by atoms with Crippen LogP contribution in [-0.2, 0) is 28.7 Å². The van der Waals surface area contributed by atoms with E-state index in [1.54, 1.807) is 41.5 Å². The van der Waals surface area contributed by atoms with Crippen LogP contribution in [0.25, 0.3) is 0 Å². The van der Waals surface area contributed by atoms with Gasteiger partial charge < -0.3 is 9.32 Å². The molecule has 0 bridgehead atoms. The molecule has 0 fully saturated rings. The van der Waals surface area contributed by atoms with Crippen molar-refractivity contribution >= 4 is 15.7 Å². The summed E-state index contributed by atoms with van der Waals surface area (Å²) in [4.78, 5) is 14.8. The molecule has 0 radical (unpaired) electrons. The molecule has 1 amide bonds. The number of nitrogens with zero attached hydrogens (tertiary/aromatic N) is 1. The van der Waals surface area contributed by atoms with E-state index < -0.39 is 9.84 Å². The molecule has 0 aliphatic carbocycles. The molecule has 2 aromatic carbocycles. The van der Waals surface area contributed by atoms with Crippen LogP contribution >= 0.6 is 0 Å². The summed E-state index contributed by atoms with van der Waals surface area (Å²) in [6.45, 7) is 0.758. The van der Waals surface area contributed by atoms with Gasteiger partial charge in [0, 0.05) is 18.4 Å². The van der Waals surface area contributed by atoms with Gasteiger partial charge in [-0.3, -0.25) is 4.79 Å². The Balaban J connectivity index is 1.86. The molecule has 0 spiro atoms. The van der Waals surface area contributed by atoms with E-state index in [0.29, 0.717) is 30.0 Å². The zero-order valence-corrected chi connectivity index (χ0v) is 15.9. The molecular weight excluding hydrogens is 362 g/mol. The van der Waals surface area contributed by atoms with E-state index in [1.165, 1.54) is 6.26 Å². The maximum atomic E-state index is 13.1. The van der Waals surface area contributed by atoms with E-state index in [-0.39, 0.29) is 11.7 Å². The lowest BCUT2D eigenvalue weighted by atomic mass is 10.1. The quantitative estimate of drug-likeness (QED) is 0.624. The van der Waals surface area contributed by atoms with Gasteiger partial charge in [0.15, 0.2) is 9.84 Å². The molecular formula is C21H21NO4S. The Hall–Kier alpha value is -2.86. The number of rotatable bonds is 7. The van der Waals surface area contributed by atoms with Gasteiger partial charge in [-0.1, -0.05) is 42.5 Å². The molecule has 6 heteroatoms. The molecule has 0 aliphatic heterocycles. The lowest BCUT2D eigenvalue weighted by molar-refractivity contribution is 0.0717. The van der Waals surface area contributed by atoms with Crippen LogP contribution in [0.2, 0.25) is 0 Å². The van der Waals surface area contributed by atoms with Crippen molar-refractivity contribution in [3.8, 4) is 0 Å². The highest BCUT2D eigenvalue weighted by Gasteiger charge is 2.18. The molecule has 0 atom stereocenters. The Bertz CT molecular complexity index is 996. The summed E-state index contributed by atoms with van der Waals surface area (Å²) in [6, 6.07) is 20.1. The predicted octanol–water partition coefficient (Wildman–Crippen LogP) is 3.67. The van der Waals surface area contributed by atoms with E-state index in [1.807, 2.05) is 36.4 Å². The Morgan fingerprint density at radius 1 is 0.926 bits per heavy atom. The van der Waals surface area contributed by atoms with E-state index in [4.69, 9.17) is 4.42 Å². The van der Waals surface area contributed by atoms with Crippen LogP contribution in [0, 0.1) is 0 Å². The molecule has 1 aromatic heterocycles. The summed E-state index contributed by atoms with van der Waals surface area (Å²) in [5, 5.41) is 0. The Morgan fingerprint density at radius 2 is 1.67 bits per heavy atom. The molecule has 5 nitrogen and oxygen atoms in total. The summed E-state index contributed by atoms with van der Waals surface area (Å²) >= 11 is 0. The third-order valence-corrected chi connectivity index (χ3v) is 4.89. The summed E-state index contributed by atoms with van der Waals surface area (Å²) in [5.74, 6) is 0.419. The van der Waals surface area contributed by atoms with Crippen molar-refractivity contribution in [2.24, 2.45) is 0 Å². The number of sulfone groups is 1. The SMILES string of the molecule is CS(=O)(=O)Cc1cccc(C(=O)N(Cc2ccccc2)Cc2ccco2)c1. The number of carbonyl (C=O) groups is 1. The zero-order valence-electron chi connectivity index (χ0n) is 15.0. The maximum absolute atomic E-state index is 13.1. The molecule has 0 N–H and O–H groups in total. The number of carbonyl (C=O) groups excluding carboxylic acids is 1. The standard InChI is InChI=1S/C21H21NO4S/c1-27(24,25)16-18-9-5-10-19(13-18)21(23)22(15-20-11-6-12-26-20)14-17-7-3-2-4-8-17/h2-13H,14-16H2,1H3. The number of hydrogen-bond donors (Lipinski definition) is 0. The fourth-order valence-corrected chi connectivity index (χ4v) is 3.66. The van der Waals surface area contributed by atoms with Crippen LogP contribution in [0.5, 0.6) is 0 Å². The number of hydrogen-bond acceptors (Lipinski definition) is 4. The topological polar surface area (TPSA) is 67.6 Å². The van der Waals surface area contributed by atoms with Crippen molar-refractivity contribution in [1.82, 2.24) is 4.90 Å². The van der Waals surface area contributed by atoms with Gasteiger partial charge in [-0.2, -0.15) is 0 Å². The minimum absolute atomic E-state index is 0.0923. The molecule has 0 aliphatic rings. The highest BCUT2D eigenvalue weighted by atomic mass is 32.2. The molecule has 0 unspecified atom stereocenters. The summed E-state index contributed by atoms with van der Waals surface area (Å²) in [5.41, 5.74) is 2.06. The van der Waals surface area contributed by atoms with Crippen molar-refractivity contribution in [3.63, 3.8) is 0 Å². The van der Waals surface area contributed by atoms with Gasteiger partial charge in [0.1, 0.15) is 5.76 Å². The minimum Gasteiger partial charge on any atom is -0.467 e. The molecule has 0 saturated carbocycles. The molecule has 0 saturated heterocycles. The normalized spacial score (nSPS) is 11.3. The fourth-order valence-electron chi connectivity index (χ4n) is 2.87. The van der Waals surface area contributed by atoms with Gasteiger partial charge in [-0.15, -0.1) is 0 Å². The zero-order chi connectivity index (χ0) is 19.3. The van der Waals surface area contributed by atoms with Crippen molar-refractivity contribution in [3.05, 3.63) is 95.4 Å². The van der Waals surface area contributed by atoms with E-state index in [9.17, 15) is 13.2 Å². The highest BCUT2D eigenvalue weighted by molar-refractivity contribution is 7.89. The fraction of sp³-hybridized carbons (Fsp3) is 0.190. The second-order valence-electron chi connectivity index (χ2n) is 6.50. The van der Waals surface area contributed by atoms with Crippen LogP contribution in [0.4, 0.5) is 0 Å². The van der Waals surface area contributed by atoms with Crippen LogP contribution in [0.1, 0.15) is 27.2 Å². The molecule has 27 heavy (non-hydrogen) atoms. The number of furan rings is 1. The lowest BCUT2D eigenvalue weighted by Gasteiger charge is -2.22. The summed E-state index contributed by atoms with van der Waals surface area (Å²) in [7, 11) is -3.17. The second kappa shape index (κ2) is 8.22. The third kappa shape index (κ3) is 5.56. The maximum Gasteiger partial charge on any atom is 0.254 e. The Kier molecular flexibility index (Phi) is 5.76. The smallest absolute Gasteiger partial charge is 0.254 e. The van der Waals surface area contributed by atoms with Crippen molar-refractivity contribution < 1.29 is 17.6 Å². The van der Waals surface area contributed by atoms with Crippen molar-refractivity contribution in [1.29, 1.82) is 0 Å². The van der Waals surface area contributed by atoms with E-state index in [0.717, 1.165) is 5.56 Å². The number of benzene rings is 2. The van der Waals surface area contributed by atoms with Crippen LogP contribution in [0.15, 0.2) is 77.4 Å². The van der Waals surface area contributed by atoms with Gasteiger partial charge >= 0.3 is 0 Å². The highest BCUT2D eigenvalue weighted by Crippen LogP contribution is 2.16. The summed E-state index contributed by atoms with van der Waals surface area (Å²) in [6.07, 6.45) is 2.76. The Morgan fingerprint density at radius 3 is 2.33 bits per heavy atom. The minimum atomic E-state index is -3.17. The largest absolute Gasteiger partial charge is 0.467 e. The molecule has 140 valence electrons. The average Bonchev–Trinajstić information content (AvgIpc) is 3.13. The van der Waals surface area contributed by atoms with Gasteiger partial charge in [-0.25, -0.2) is 8.42 Å². The van der Waals surface area contributed by atoms with Gasteiger partial charge in [0.2, 0.25) is 0 Å². The first kappa shape index (κ1) is 18.9. The first-order valence-electron chi connectivity index (χ1n) is 8.53. The van der Waals surface area contributed by atoms with E-state index >= 15 is 0 Å². The third-order valence-electron chi connectivity index (χ3n) is 4.03. The monoisotopic (exact) mass is 383 g/mol. The van der Waals surface area contributed by atoms with Gasteiger partial charge in [-0.05, 0) is 35.4 Å². The molecule has 1 heterocycles. The van der Waals surface area contributed by atoms with Crippen molar-refractivity contribution in [2.45, 2.75) is 18.8 Å². The Labute approximate surface area is 159 Å². The summed E-state index contributed by atoms with van der Waals surface area (Å²) < 4.78 is 28.5. The van der Waals surface area contributed by atoms with E-state index in [2.05, 4.69) is 0 Å².